The van der Waals surface area contributed by atoms with Gasteiger partial charge in [0.2, 0.25) is 5.91 Å². The number of urea groups is 1. The van der Waals surface area contributed by atoms with Crippen molar-refractivity contribution in [3.8, 4) is 0 Å². The number of piperidine rings is 1. The average Bonchev–Trinajstić information content (AvgIpc) is 3.11. The van der Waals surface area contributed by atoms with E-state index in [4.69, 9.17) is 0 Å². The van der Waals surface area contributed by atoms with Gasteiger partial charge in [0.25, 0.3) is 5.91 Å². The largest absolute Gasteiger partial charge is 0.336 e. The zero-order chi connectivity index (χ0) is 22.7. The smallest absolute Gasteiger partial charge is 0.329 e. The summed E-state index contributed by atoms with van der Waals surface area (Å²) in [5, 5.41) is 2.75. The fourth-order valence-corrected chi connectivity index (χ4v) is 4.54. The van der Waals surface area contributed by atoms with E-state index in [-0.39, 0.29) is 24.3 Å². The molecule has 7 nitrogen and oxygen atoms in total. The Morgan fingerprint density at radius 3 is 2.62 bits per heavy atom. The molecule has 0 spiro atoms. The van der Waals surface area contributed by atoms with Gasteiger partial charge in [-0.2, -0.15) is 0 Å². The molecular weight excluding hydrogens is 404 g/mol. The van der Waals surface area contributed by atoms with Gasteiger partial charge in [-0.05, 0) is 60.9 Å². The van der Waals surface area contributed by atoms with E-state index in [1.807, 2.05) is 35.4 Å². The molecule has 0 aliphatic carbocycles. The third-order valence-corrected chi connectivity index (χ3v) is 6.38. The van der Waals surface area contributed by atoms with Gasteiger partial charge in [0, 0.05) is 25.4 Å². The summed E-state index contributed by atoms with van der Waals surface area (Å²) in [6.07, 6.45) is 7.02. The Morgan fingerprint density at radius 1 is 1.16 bits per heavy atom. The number of pyridine rings is 1. The van der Waals surface area contributed by atoms with Crippen LogP contribution in [0, 0.1) is 0 Å². The van der Waals surface area contributed by atoms with Crippen LogP contribution in [-0.4, -0.2) is 40.3 Å². The fraction of sp³-hybridized carbons (Fsp3) is 0.440. The summed E-state index contributed by atoms with van der Waals surface area (Å²) >= 11 is 0. The minimum absolute atomic E-state index is 0.0142. The summed E-state index contributed by atoms with van der Waals surface area (Å²) in [6, 6.07) is 10.3. The summed E-state index contributed by atoms with van der Waals surface area (Å²) in [4.78, 5) is 45.7. The molecule has 1 N–H and O–H groups in total. The maximum absolute atomic E-state index is 13.0. The molecule has 2 aliphatic rings. The predicted octanol–water partition coefficient (Wildman–Crippen LogP) is 4.16. The third kappa shape index (κ3) is 4.52. The fourth-order valence-electron chi connectivity index (χ4n) is 4.54. The molecule has 1 aromatic carbocycles. The number of imide groups is 1. The van der Waals surface area contributed by atoms with E-state index in [1.54, 1.807) is 18.3 Å². The van der Waals surface area contributed by atoms with Gasteiger partial charge in [-0.3, -0.25) is 14.6 Å². The minimum Gasteiger partial charge on any atom is -0.336 e. The van der Waals surface area contributed by atoms with Crippen molar-refractivity contribution in [2.24, 2.45) is 0 Å². The van der Waals surface area contributed by atoms with E-state index in [9.17, 15) is 14.4 Å². The van der Waals surface area contributed by atoms with Crippen LogP contribution in [0.1, 0.15) is 69.0 Å². The van der Waals surface area contributed by atoms with E-state index < -0.39 is 12.1 Å². The molecule has 2 aliphatic heterocycles. The maximum atomic E-state index is 13.0. The van der Waals surface area contributed by atoms with Gasteiger partial charge in [-0.15, -0.1) is 0 Å². The highest BCUT2D eigenvalue weighted by Crippen LogP contribution is 2.31. The lowest BCUT2D eigenvalue weighted by Crippen LogP contribution is -2.39. The van der Waals surface area contributed by atoms with Crippen LogP contribution in [0.15, 0.2) is 48.8 Å². The van der Waals surface area contributed by atoms with Crippen LogP contribution in [0.25, 0.3) is 0 Å². The van der Waals surface area contributed by atoms with Crippen LogP contribution in [-0.2, 0) is 9.59 Å². The number of rotatable bonds is 6. The summed E-state index contributed by atoms with van der Waals surface area (Å²) in [5.41, 5.74) is 2.74. The number of nitrogens with zero attached hydrogens (tertiary/aromatic N) is 3. The molecule has 0 unspecified atom stereocenters. The van der Waals surface area contributed by atoms with Crippen molar-refractivity contribution in [1.29, 1.82) is 0 Å². The molecule has 2 saturated heterocycles. The van der Waals surface area contributed by atoms with Crippen molar-refractivity contribution < 1.29 is 14.4 Å². The molecule has 1 aromatic heterocycles. The van der Waals surface area contributed by atoms with Crippen LogP contribution in [0.4, 0.5) is 10.5 Å². The van der Waals surface area contributed by atoms with Crippen molar-refractivity contribution in [1.82, 2.24) is 15.2 Å². The minimum atomic E-state index is -0.683. The number of hydrogen-bond acceptors (Lipinski definition) is 4. The molecule has 0 bridgehead atoms. The topological polar surface area (TPSA) is 82.6 Å². The van der Waals surface area contributed by atoms with Crippen molar-refractivity contribution in [3.05, 3.63) is 59.9 Å². The second kappa shape index (κ2) is 9.51. The zero-order valence-electron chi connectivity index (χ0n) is 18.7. The number of likely N-dealkylation sites (tertiary alicyclic amines) is 1. The van der Waals surface area contributed by atoms with E-state index in [2.05, 4.69) is 24.1 Å². The van der Waals surface area contributed by atoms with Crippen molar-refractivity contribution in [3.63, 3.8) is 0 Å². The Balaban J connectivity index is 1.39. The first-order valence-electron chi connectivity index (χ1n) is 11.4. The lowest BCUT2D eigenvalue weighted by Gasteiger charge is -2.36. The van der Waals surface area contributed by atoms with Crippen LogP contribution in [0.5, 0.6) is 0 Å². The van der Waals surface area contributed by atoms with Crippen LogP contribution in [0.2, 0.25) is 0 Å². The molecule has 2 fully saturated rings. The molecule has 3 heterocycles. The van der Waals surface area contributed by atoms with Gasteiger partial charge in [-0.25, -0.2) is 9.69 Å². The van der Waals surface area contributed by atoms with E-state index in [0.29, 0.717) is 24.6 Å². The molecule has 4 rings (SSSR count). The SMILES string of the molecule is CC(C)c1ccc(N2C(=O)N[C@H](CCC(=O)N3CCCC[C@H]3c3cccnc3)C2=O)cc1. The summed E-state index contributed by atoms with van der Waals surface area (Å²) in [6.45, 7) is 4.89. The highest BCUT2D eigenvalue weighted by Gasteiger charge is 2.39. The zero-order valence-corrected chi connectivity index (χ0v) is 18.7. The van der Waals surface area contributed by atoms with Gasteiger partial charge < -0.3 is 10.2 Å². The number of benzene rings is 1. The maximum Gasteiger partial charge on any atom is 0.329 e. The quantitative estimate of drug-likeness (QED) is 0.692. The molecule has 2 atom stereocenters. The first-order chi connectivity index (χ1) is 15.5. The monoisotopic (exact) mass is 434 g/mol. The van der Waals surface area contributed by atoms with E-state index in [1.165, 1.54) is 4.90 Å². The van der Waals surface area contributed by atoms with Crippen LogP contribution >= 0.6 is 0 Å². The molecule has 168 valence electrons. The molecule has 0 radical (unpaired) electrons. The normalized spacial score (nSPS) is 21.2. The highest BCUT2D eigenvalue weighted by molar-refractivity contribution is 6.21. The van der Waals surface area contributed by atoms with Crippen LogP contribution < -0.4 is 10.2 Å². The summed E-state index contributed by atoms with van der Waals surface area (Å²) < 4.78 is 0. The molecule has 0 saturated carbocycles. The first kappa shape index (κ1) is 22.0. The van der Waals surface area contributed by atoms with Gasteiger partial charge in [0.1, 0.15) is 6.04 Å². The number of aromatic nitrogens is 1. The first-order valence-corrected chi connectivity index (χ1v) is 11.4. The highest BCUT2D eigenvalue weighted by atomic mass is 16.2. The van der Waals surface area contributed by atoms with Crippen molar-refractivity contribution in [2.45, 2.75) is 64.0 Å². The van der Waals surface area contributed by atoms with Gasteiger partial charge >= 0.3 is 6.03 Å². The number of amides is 4. The Morgan fingerprint density at radius 2 is 1.94 bits per heavy atom. The van der Waals surface area contributed by atoms with Gasteiger partial charge in [0.15, 0.2) is 0 Å². The number of nitrogens with one attached hydrogen (secondary N) is 1. The summed E-state index contributed by atoms with van der Waals surface area (Å²) in [7, 11) is 0. The molecule has 32 heavy (non-hydrogen) atoms. The summed E-state index contributed by atoms with van der Waals surface area (Å²) in [5.74, 6) is 0.0825. The number of hydrogen-bond donors (Lipinski definition) is 1. The van der Waals surface area contributed by atoms with Gasteiger partial charge in [0.05, 0.1) is 11.7 Å². The Hall–Kier alpha value is -3.22. The van der Waals surface area contributed by atoms with Crippen molar-refractivity contribution >= 4 is 23.5 Å². The Labute approximate surface area is 188 Å². The lowest BCUT2D eigenvalue weighted by molar-refractivity contribution is -0.135. The second-order valence-corrected chi connectivity index (χ2v) is 8.85. The molecule has 7 heteroatoms. The number of anilines is 1. The molecular formula is C25H30N4O3. The average molecular weight is 435 g/mol. The Bertz CT molecular complexity index is 974. The third-order valence-electron chi connectivity index (χ3n) is 6.38. The molecule has 2 aromatic rings. The van der Waals surface area contributed by atoms with Crippen LogP contribution in [0.3, 0.4) is 0 Å². The predicted molar refractivity (Wildman–Crippen MR) is 122 cm³/mol. The van der Waals surface area contributed by atoms with Gasteiger partial charge in [-0.1, -0.05) is 32.0 Å². The van der Waals surface area contributed by atoms with E-state index >= 15 is 0 Å². The second-order valence-electron chi connectivity index (χ2n) is 8.85. The lowest BCUT2D eigenvalue weighted by atomic mass is 9.95. The number of carbonyl (C=O) groups excluding carboxylic acids is 3. The van der Waals surface area contributed by atoms with Crippen molar-refractivity contribution in [2.75, 3.05) is 11.4 Å². The van der Waals surface area contributed by atoms with E-state index in [0.717, 1.165) is 30.4 Å². The standard InChI is InChI=1S/C25H30N4O3/c1-17(2)18-8-10-20(11-9-18)29-24(31)21(27-25(29)32)12-13-23(30)28-15-4-3-7-22(28)19-6-5-14-26-16-19/h5-6,8-11,14,16-17,21-22H,3-4,7,12-13,15H2,1-2H3,(H,27,32)/t21-,22+/m1/s1. The Kier molecular flexibility index (Phi) is 6.53. The molecule has 4 amide bonds. The number of carbonyl (C=O) groups is 3.